The van der Waals surface area contributed by atoms with Crippen molar-refractivity contribution in [2.75, 3.05) is 19.6 Å². The Kier molecular flexibility index (Phi) is 6.45. The van der Waals surface area contributed by atoms with Gasteiger partial charge in [0.25, 0.3) is 0 Å². The minimum absolute atomic E-state index is 0.231. The Morgan fingerprint density at radius 1 is 1.38 bits per heavy atom. The number of carbonyl (C=O) groups excluding carboxylic acids is 2. The van der Waals surface area contributed by atoms with Crippen molar-refractivity contribution in [3.63, 3.8) is 0 Å². The number of amides is 3. The third-order valence-corrected chi connectivity index (χ3v) is 3.92. The maximum absolute atomic E-state index is 12.1. The molecule has 1 aliphatic rings. The molecule has 0 spiro atoms. The molecule has 0 aliphatic carbocycles. The molecule has 1 rings (SSSR count). The van der Waals surface area contributed by atoms with E-state index in [-0.39, 0.29) is 19.0 Å². The lowest BCUT2D eigenvalue weighted by Gasteiger charge is -2.39. The number of rotatable bonds is 7. The lowest BCUT2D eigenvalue weighted by Crippen LogP contribution is -2.52. The van der Waals surface area contributed by atoms with Gasteiger partial charge >= 0.3 is 12.0 Å². The number of nitrogens with one attached hydrogen (secondary N) is 1. The molecule has 0 radical (unpaired) electrons. The van der Waals surface area contributed by atoms with Crippen molar-refractivity contribution in [2.45, 2.75) is 45.4 Å². The minimum Gasteiger partial charge on any atom is -0.481 e. The van der Waals surface area contributed by atoms with Crippen LogP contribution in [0.15, 0.2) is 0 Å². The molecule has 0 saturated carbocycles. The third kappa shape index (κ3) is 4.91. The second-order valence-electron chi connectivity index (χ2n) is 5.66. The standard InChI is InChI=1S/C14H25N3O4/c1-2-6-14(12(19)20)7-4-9-17(10-14)13(21)16-8-3-5-11(15)18/h2-10H2,1H3,(H2,15,18)(H,16,21)(H,19,20). The van der Waals surface area contributed by atoms with Gasteiger partial charge in [-0.25, -0.2) is 4.79 Å². The molecule has 0 bridgehead atoms. The first kappa shape index (κ1) is 17.3. The van der Waals surface area contributed by atoms with Crippen molar-refractivity contribution < 1.29 is 19.5 Å². The first-order valence-corrected chi connectivity index (χ1v) is 7.46. The summed E-state index contributed by atoms with van der Waals surface area (Å²) in [5, 5.41) is 12.2. The van der Waals surface area contributed by atoms with Gasteiger partial charge in [0.15, 0.2) is 0 Å². The van der Waals surface area contributed by atoms with Crippen molar-refractivity contribution in [3.8, 4) is 0 Å². The third-order valence-electron chi connectivity index (χ3n) is 3.92. The number of carbonyl (C=O) groups is 3. The van der Waals surface area contributed by atoms with E-state index >= 15 is 0 Å². The van der Waals surface area contributed by atoms with E-state index in [1.54, 1.807) is 4.90 Å². The van der Waals surface area contributed by atoms with Crippen molar-refractivity contribution >= 4 is 17.9 Å². The van der Waals surface area contributed by atoms with Gasteiger partial charge in [0, 0.05) is 26.1 Å². The van der Waals surface area contributed by atoms with Crippen LogP contribution in [-0.2, 0) is 9.59 Å². The monoisotopic (exact) mass is 299 g/mol. The molecule has 4 N–H and O–H groups in total. The van der Waals surface area contributed by atoms with Crippen LogP contribution in [0.2, 0.25) is 0 Å². The quantitative estimate of drug-likeness (QED) is 0.607. The predicted molar refractivity (Wildman–Crippen MR) is 77.6 cm³/mol. The first-order chi connectivity index (χ1) is 9.91. The summed E-state index contributed by atoms with van der Waals surface area (Å²) >= 11 is 0. The number of urea groups is 1. The molecule has 21 heavy (non-hydrogen) atoms. The zero-order valence-electron chi connectivity index (χ0n) is 12.6. The van der Waals surface area contributed by atoms with Crippen LogP contribution in [-0.4, -0.2) is 47.5 Å². The van der Waals surface area contributed by atoms with Crippen molar-refractivity contribution in [2.24, 2.45) is 11.1 Å². The summed E-state index contributed by atoms with van der Waals surface area (Å²) in [6.45, 7) is 3.14. The molecular weight excluding hydrogens is 274 g/mol. The number of nitrogens with zero attached hydrogens (tertiary/aromatic N) is 1. The topological polar surface area (TPSA) is 113 Å². The van der Waals surface area contributed by atoms with Gasteiger partial charge in [0.2, 0.25) is 5.91 Å². The molecule has 1 fully saturated rings. The number of aliphatic carboxylic acids is 1. The highest BCUT2D eigenvalue weighted by Gasteiger charge is 2.42. The van der Waals surface area contributed by atoms with E-state index in [1.165, 1.54) is 0 Å². The second-order valence-corrected chi connectivity index (χ2v) is 5.66. The number of hydrogen-bond acceptors (Lipinski definition) is 3. The Bertz CT molecular complexity index is 396. The highest BCUT2D eigenvalue weighted by molar-refractivity contribution is 5.79. The minimum atomic E-state index is -0.824. The summed E-state index contributed by atoms with van der Waals surface area (Å²) in [5.41, 5.74) is 4.21. The molecule has 7 nitrogen and oxygen atoms in total. The van der Waals surface area contributed by atoms with Gasteiger partial charge in [-0.2, -0.15) is 0 Å². The number of likely N-dealkylation sites (tertiary alicyclic amines) is 1. The molecule has 1 aliphatic heterocycles. The summed E-state index contributed by atoms with van der Waals surface area (Å²) < 4.78 is 0. The number of primary amides is 1. The Morgan fingerprint density at radius 3 is 2.67 bits per heavy atom. The zero-order chi connectivity index (χ0) is 15.9. The van der Waals surface area contributed by atoms with Crippen LogP contribution in [0.5, 0.6) is 0 Å². The van der Waals surface area contributed by atoms with Crippen LogP contribution in [0.25, 0.3) is 0 Å². The Morgan fingerprint density at radius 2 is 2.10 bits per heavy atom. The Hall–Kier alpha value is -1.79. The average Bonchev–Trinajstić information content (AvgIpc) is 2.43. The molecule has 3 amide bonds. The zero-order valence-corrected chi connectivity index (χ0v) is 12.6. The average molecular weight is 299 g/mol. The highest BCUT2D eigenvalue weighted by atomic mass is 16.4. The van der Waals surface area contributed by atoms with Gasteiger partial charge in [0.05, 0.1) is 5.41 Å². The number of hydrogen-bond donors (Lipinski definition) is 3. The van der Waals surface area contributed by atoms with Crippen molar-refractivity contribution in [3.05, 3.63) is 0 Å². The Labute approximate surface area is 124 Å². The molecule has 0 aromatic heterocycles. The number of carboxylic acids is 1. The summed E-state index contributed by atoms with van der Waals surface area (Å²) in [6.07, 6.45) is 3.39. The van der Waals surface area contributed by atoms with Crippen LogP contribution < -0.4 is 11.1 Å². The number of nitrogens with two attached hydrogens (primary N) is 1. The van der Waals surface area contributed by atoms with Crippen molar-refractivity contribution in [1.82, 2.24) is 10.2 Å². The van der Waals surface area contributed by atoms with Gasteiger partial charge in [-0.15, -0.1) is 0 Å². The SMILES string of the molecule is CCCC1(C(=O)O)CCCN(C(=O)NCCCC(N)=O)C1. The molecule has 1 saturated heterocycles. The van der Waals surface area contributed by atoms with Crippen LogP contribution >= 0.6 is 0 Å². The molecule has 1 unspecified atom stereocenters. The molecule has 7 heteroatoms. The van der Waals surface area contributed by atoms with Gasteiger partial charge in [0.1, 0.15) is 0 Å². The second kappa shape index (κ2) is 7.85. The lowest BCUT2D eigenvalue weighted by atomic mass is 9.76. The summed E-state index contributed by atoms with van der Waals surface area (Å²) in [7, 11) is 0. The van der Waals surface area contributed by atoms with Gasteiger partial charge in [-0.05, 0) is 25.7 Å². The van der Waals surface area contributed by atoms with Gasteiger partial charge in [-0.1, -0.05) is 13.3 Å². The summed E-state index contributed by atoms with van der Waals surface area (Å²) in [6, 6.07) is -0.263. The summed E-state index contributed by atoms with van der Waals surface area (Å²) in [4.78, 5) is 35.8. The van der Waals surface area contributed by atoms with E-state index in [2.05, 4.69) is 5.32 Å². The fraction of sp³-hybridized carbons (Fsp3) is 0.786. The smallest absolute Gasteiger partial charge is 0.317 e. The molecule has 1 atom stereocenters. The van der Waals surface area contributed by atoms with E-state index < -0.39 is 17.3 Å². The maximum Gasteiger partial charge on any atom is 0.317 e. The van der Waals surface area contributed by atoms with E-state index in [9.17, 15) is 19.5 Å². The molecule has 1 heterocycles. The van der Waals surface area contributed by atoms with Crippen molar-refractivity contribution in [1.29, 1.82) is 0 Å². The Balaban J connectivity index is 2.52. The van der Waals surface area contributed by atoms with E-state index in [0.29, 0.717) is 38.8 Å². The van der Waals surface area contributed by atoms with Crippen LogP contribution in [0.1, 0.15) is 45.4 Å². The van der Waals surface area contributed by atoms with E-state index in [4.69, 9.17) is 5.73 Å². The largest absolute Gasteiger partial charge is 0.481 e. The fourth-order valence-corrected chi connectivity index (χ4v) is 2.84. The molecule has 120 valence electrons. The molecule has 0 aromatic carbocycles. The van der Waals surface area contributed by atoms with Gasteiger partial charge < -0.3 is 21.1 Å². The highest BCUT2D eigenvalue weighted by Crippen LogP contribution is 2.35. The number of piperidine rings is 1. The maximum atomic E-state index is 12.1. The molecular formula is C14H25N3O4. The molecule has 0 aromatic rings. The predicted octanol–water partition coefficient (Wildman–Crippen LogP) is 0.928. The lowest BCUT2D eigenvalue weighted by molar-refractivity contribution is -0.152. The van der Waals surface area contributed by atoms with Crippen LogP contribution in [0, 0.1) is 5.41 Å². The van der Waals surface area contributed by atoms with Crippen LogP contribution in [0.3, 0.4) is 0 Å². The fourth-order valence-electron chi connectivity index (χ4n) is 2.84. The number of carboxylic acid groups (broad SMARTS) is 1. The van der Waals surface area contributed by atoms with E-state index in [0.717, 1.165) is 6.42 Å². The van der Waals surface area contributed by atoms with Gasteiger partial charge in [-0.3, -0.25) is 9.59 Å². The first-order valence-electron chi connectivity index (χ1n) is 7.46. The van der Waals surface area contributed by atoms with Crippen LogP contribution in [0.4, 0.5) is 4.79 Å². The normalized spacial score (nSPS) is 21.9. The summed E-state index contributed by atoms with van der Waals surface area (Å²) in [5.74, 6) is -1.22. The van der Waals surface area contributed by atoms with E-state index in [1.807, 2.05) is 6.92 Å².